The lowest BCUT2D eigenvalue weighted by atomic mass is 10.0. The van der Waals surface area contributed by atoms with E-state index >= 15 is 0 Å². The van der Waals surface area contributed by atoms with Gasteiger partial charge in [-0.1, -0.05) is 253 Å². The Balaban J connectivity index is 5.22. The molecule has 0 aromatic heterocycles. The van der Waals surface area contributed by atoms with Crippen molar-refractivity contribution in [3.8, 4) is 0 Å². The van der Waals surface area contributed by atoms with E-state index in [4.69, 9.17) is 37.0 Å². The summed E-state index contributed by atoms with van der Waals surface area (Å²) in [6.07, 6.45) is 37.6. The first-order chi connectivity index (χ1) is 38.5. The van der Waals surface area contributed by atoms with Crippen molar-refractivity contribution < 1.29 is 80.2 Å². The maximum Gasteiger partial charge on any atom is 0.472 e. The van der Waals surface area contributed by atoms with E-state index in [1.807, 2.05) is 0 Å². The largest absolute Gasteiger partial charge is 0.472 e. The molecule has 0 fully saturated rings. The average molecular weight is 1190 g/mol. The van der Waals surface area contributed by atoms with Gasteiger partial charge in [-0.25, -0.2) is 9.13 Å². The second kappa shape index (κ2) is 55.0. The van der Waals surface area contributed by atoms with Crippen LogP contribution < -0.4 is 0 Å². The standard InChI is InChI=1S/C61H118O17P2/c1-6-9-12-15-18-21-22-23-26-31-37-42-47-61(66)78-57(51-72-59(64)45-40-35-32-27-28-33-38-43-54(4)5)53-76-80(69,70)74-49-55(62)48-73-79(67,68)75-52-56(77-60(65)46-41-36-30-25-20-17-14-11-8-3)50-71-58(63)44-39-34-29-24-19-16-13-10-7-2/h54-57,62H,6-53H2,1-5H3,(H,67,68)(H,69,70)/t55-,56+,57+/m0/s1. The molecule has 0 aliphatic rings. The predicted octanol–water partition coefficient (Wildman–Crippen LogP) is 16.6. The van der Waals surface area contributed by atoms with E-state index in [0.29, 0.717) is 31.6 Å². The second-order valence-corrected chi connectivity index (χ2v) is 25.5. The molecule has 474 valence electrons. The second-order valence-electron chi connectivity index (χ2n) is 22.6. The molecule has 0 aliphatic heterocycles. The molecule has 5 atom stereocenters. The van der Waals surface area contributed by atoms with Crippen LogP contribution in [-0.2, 0) is 65.4 Å². The fourth-order valence-corrected chi connectivity index (χ4v) is 10.6. The van der Waals surface area contributed by atoms with Gasteiger partial charge in [0.05, 0.1) is 26.4 Å². The highest BCUT2D eigenvalue weighted by atomic mass is 31.2. The molecule has 0 aromatic carbocycles. The Kier molecular flexibility index (Phi) is 53.6. The Morgan fingerprint density at radius 2 is 0.575 bits per heavy atom. The van der Waals surface area contributed by atoms with Gasteiger partial charge in [-0.2, -0.15) is 0 Å². The number of ether oxygens (including phenoxy) is 4. The van der Waals surface area contributed by atoms with Gasteiger partial charge in [0.1, 0.15) is 19.3 Å². The minimum atomic E-state index is -4.94. The van der Waals surface area contributed by atoms with Gasteiger partial charge in [-0.3, -0.25) is 37.3 Å². The molecule has 0 spiro atoms. The predicted molar refractivity (Wildman–Crippen MR) is 317 cm³/mol. The van der Waals surface area contributed by atoms with Crippen molar-refractivity contribution >= 4 is 39.5 Å². The summed E-state index contributed by atoms with van der Waals surface area (Å²) >= 11 is 0. The van der Waals surface area contributed by atoms with Crippen LogP contribution in [0.15, 0.2) is 0 Å². The van der Waals surface area contributed by atoms with Crippen LogP contribution in [0.2, 0.25) is 0 Å². The summed E-state index contributed by atoms with van der Waals surface area (Å²) in [6.45, 7) is 7.08. The van der Waals surface area contributed by atoms with Gasteiger partial charge in [0.25, 0.3) is 0 Å². The number of hydrogen-bond acceptors (Lipinski definition) is 15. The maximum absolute atomic E-state index is 12.9. The lowest BCUT2D eigenvalue weighted by molar-refractivity contribution is -0.161. The molecule has 0 aliphatic carbocycles. The number of aliphatic hydroxyl groups is 1. The van der Waals surface area contributed by atoms with Crippen molar-refractivity contribution in [1.29, 1.82) is 0 Å². The summed E-state index contributed by atoms with van der Waals surface area (Å²) in [6, 6.07) is 0. The quantitative estimate of drug-likeness (QED) is 0.0222. The molecule has 3 N–H and O–H groups in total. The van der Waals surface area contributed by atoms with Crippen LogP contribution in [0.4, 0.5) is 0 Å². The normalized spacial score (nSPS) is 14.3. The highest BCUT2D eigenvalue weighted by Gasteiger charge is 2.30. The molecular formula is C61H118O17P2. The number of phosphoric acid groups is 2. The van der Waals surface area contributed by atoms with E-state index in [-0.39, 0.29) is 25.7 Å². The van der Waals surface area contributed by atoms with Crippen molar-refractivity contribution in [2.24, 2.45) is 5.92 Å². The molecule has 0 bridgehead atoms. The molecule has 0 heterocycles. The molecule has 0 amide bonds. The number of carbonyl (C=O) groups excluding carboxylic acids is 4. The van der Waals surface area contributed by atoms with Crippen LogP contribution in [0.5, 0.6) is 0 Å². The van der Waals surface area contributed by atoms with Crippen molar-refractivity contribution in [2.75, 3.05) is 39.6 Å². The molecule has 0 aromatic rings. The Labute approximate surface area is 486 Å². The number of unbranched alkanes of at least 4 members (excludes halogenated alkanes) is 33. The summed E-state index contributed by atoms with van der Waals surface area (Å²) in [4.78, 5) is 72.0. The van der Waals surface area contributed by atoms with Crippen LogP contribution in [-0.4, -0.2) is 96.7 Å². The number of hydrogen-bond donors (Lipinski definition) is 3. The number of carbonyl (C=O) groups is 4. The zero-order valence-electron chi connectivity index (χ0n) is 51.2. The molecule has 19 heteroatoms. The van der Waals surface area contributed by atoms with Gasteiger partial charge in [0, 0.05) is 25.7 Å². The first kappa shape index (κ1) is 78.1. The average Bonchev–Trinajstić information content (AvgIpc) is 3.42. The lowest BCUT2D eigenvalue weighted by Crippen LogP contribution is -2.30. The number of esters is 4. The van der Waals surface area contributed by atoms with Gasteiger partial charge in [0.2, 0.25) is 0 Å². The van der Waals surface area contributed by atoms with Crippen molar-refractivity contribution in [3.63, 3.8) is 0 Å². The minimum Gasteiger partial charge on any atom is -0.462 e. The molecule has 0 saturated carbocycles. The summed E-state index contributed by atoms with van der Waals surface area (Å²) < 4.78 is 67.8. The molecule has 0 radical (unpaired) electrons. The summed E-state index contributed by atoms with van der Waals surface area (Å²) in [7, 11) is -9.87. The van der Waals surface area contributed by atoms with Gasteiger partial charge >= 0.3 is 39.5 Å². The van der Waals surface area contributed by atoms with Crippen molar-refractivity contribution in [3.05, 3.63) is 0 Å². The third kappa shape index (κ3) is 55.3. The molecule has 2 unspecified atom stereocenters. The van der Waals surface area contributed by atoms with Crippen LogP contribution in [0.3, 0.4) is 0 Å². The van der Waals surface area contributed by atoms with E-state index in [2.05, 4.69) is 34.6 Å². The van der Waals surface area contributed by atoms with E-state index in [9.17, 15) is 43.2 Å². The number of phosphoric ester groups is 2. The lowest BCUT2D eigenvalue weighted by Gasteiger charge is -2.21. The number of rotatable bonds is 61. The first-order valence-corrected chi connectivity index (χ1v) is 35.1. The SMILES string of the molecule is CCCCCCCCCCCCCCC(=O)O[C@H](COC(=O)CCCCCCCCCC(C)C)COP(=O)(O)OC[C@@H](O)COP(=O)(O)OC[C@@H](COC(=O)CCCCCCCCCCC)OC(=O)CCCCCCCCCCC. The van der Waals surface area contributed by atoms with Crippen molar-refractivity contribution in [2.45, 2.75) is 323 Å². The Morgan fingerprint density at radius 3 is 0.850 bits per heavy atom. The van der Waals surface area contributed by atoms with Gasteiger partial charge in [-0.05, 0) is 31.6 Å². The zero-order chi connectivity index (χ0) is 59.2. The fourth-order valence-electron chi connectivity index (χ4n) is 9.05. The zero-order valence-corrected chi connectivity index (χ0v) is 53.0. The highest BCUT2D eigenvalue weighted by molar-refractivity contribution is 7.47. The molecule has 80 heavy (non-hydrogen) atoms. The van der Waals surface area contributed by atoms with Crippen LogP contribution in [0.1, 0.15) is 304 Å². The Morgan fingerprint density at radius 1 is 0.338 bits per heavy atom. The third-order valence-corrected chi connectivity index (χ3v) is 15.9. The maximum atomic E-state index is 12.9. The Hall–Kier alpha value is -1.94. The smallest absolute Gasteiger partial charge is 0.462 e. The first-order valence-electron chi connectivity index (χ1n) is 32.1. The summed E-state index contributed by atoms with van der Waals surface area (Å²) in [5, 5.41) is 10.5. The van der Waals surface area contributed by atoms with E-state index in [1.54, 1.807) is 0 Å². The highest BCUT2D eigenvalue weighted by Crippen LogP contribution is 2.45. The van der Waals surface area contributed by atoms with E-state index in [0.717, 1.165) is 96.3 Å². The Bertz CT molecular complexity index is 1570. The fraction of sp³-hybridized carbons (Fsp3) is 0.934. The molecule has 0 saturated heterocycles. The summed E-state index contributed by atoms with van der Waals surface area (Å²) in [5.74, 6) is -1.43. The van der Waals surface area contributed by atoms with Crippen LogP contribution >= 0.6 is 15.6 Å². The molecule has 17 nitrogen and oxygen atoms in total. The minimum absolute atomic E-state index is 0.106. The topological polar surface area (TPSA) is 237 Å². The molecule has 0 rings (SSSR count). The molecular weight excluding hydrogens is 1070 g/mol. The van der Waals surface area contributed by atoms with Gasteiger partial charge in [0.15, 0.2) is 12.2 Å². The van der Waals surface area contributed by atoms with E-state index < -0.39 is 97.5 Å². The third-order valence-electron chi connectivity index (χ3n) is 14.0. The monoisotopic (exact) mass is 1180 g/mol. The van der Waals surface area contributed by atoms with Gasteiger partial charge in [-0.15, -0.1) is 0 Å². The van der Waals surface area contributed by atoms with Crippen molar-refractivity contribution in [1.82, 2.24) is 0 Å². The van der Waals surface area contributed by atoms with E-state index in [1.165, 1.54) is 122 Å². The van der Waals surface area contributed by atoms with Crippen LogP contribution in [0, 0.1) is 5.92 Å². The number of aliphatic hydroxyl groups excluding tert-OH is 1. The van der Waals surface area contributed by atoms with Gasteiger partial charge < -0.3 is 33.8 Å². The summed E-state index contributed by atoms with van der Waals surface area (Å²) in [5.41, 5.74) is 0. The van der Waals surface area contributed by atoms with Crippen LogP contribution in [0.25, 0.3) is 0 Å².